The van der Waals surface area contributed by atoms with E-state index in [0.717, 1.165) is 10.6 Å². The van der Waals surface area contributed by atoms with E-state index in [4.69, 9.17) is 11.5 Å². The van der Waals surface area contributed by atoms with E-state index >= 15 is 0 Å². The summed E-state index contributed by atoms with van der Waals surface area (Å²) < 4.78 is 25.3. The van der Waals surface area contributed by atoms with Gasteiger partial charge >= 0.3 is 0 Å². The number of hydrogen-bond donors (Lipinski definition) is 2. The molecular formula is C10H12N4O3S. The topological polar surface area (TPSA) is 119 Å². The summed E-state index contributed by atoms with van der Waals surface area (Å²) in [6.45, 7) is -0.227. The predicted octanol–water partition coefficient (Wildman–Crippen LogP) is -0.837. The third-order valence-corrected chi connectivity index (χ3v) is 4.28. The highest BCUT2D eigenvalue weighted by Crippen LogP contribution is 2.29. The van der Waals surface area contributed by atoms with Crippen LogP contribution in [0.2, 0.25) is 0 Å². The first-order valence-corrected chi connectivity index (χ1v) is 6.57. The van der Waals surface area contributed by atoms with Crippen molar-refractivity contribution < 1.29 is 13.2 Å². The molecule has 8 heteroatoms. The minimum atomic E-state index is -3.72. The van der Waals surface area contributed by atoms with Crippen molar-refractivity contribution in [2.75, 3.05) is 6.54 Å². The maximum absolute atomic E-state index is 12.2. The molecule has 0 spiro atoms. The first-order valence-electron chi connectivity index (χ1n) is 5.13. The van der Waals surface area contributed by atoms with E-state index in [2.05, 4.69) is 4.99 Å². The number of benzene rings is 1. The van der Waals surface area contributed by atoms with E-state index in [9.17, 15) is 13.2 Å². The van der Waals surface area contributed by atoms with Gasteiger partial charge in [-0.1, -0.05) is 12.1 Å². The third kappa shape index (κ3) is 2.07. The molecule has 2 rings (SSSR count). The number of nitrogens with two attached hydrogens (primary N) is 2. The van der Waals surface area contributed by atoms with Crippen LogP contribution in [0.1, 0.15) is 0 Å². The van der Waals surface area contributed by atoms with Crippen LogP contribution < -0.4 is 11.5 Å². The minimum Gasteiger partial charge on any atom is -0.368 e. The fourth-order valence-corrected chi connectivity index (χ4v) is 2.94. The molecule has 1 aliphatic rings. The molecule has 1 aromatic carbocycles. The Balaban J connectivity index is 2.36. The number of carbonyl (C=O) groups excluding carboxylic acids is 1. The fraction of sp³-hybridized carbons (Fsp3) is 0.200. The molecule has 0 aliphatic carbocycles. The lowest BCUT2D eigenvalue weighted by atomic mass is 10.3. The molecule has 0 aromatic heterocycles. The summed E-state index contributed by atoms with van der Waals surface area (Å²) in [6.07, 6.45) is 1.14. The zero-order chi connectivity index (χ0) is 13.3. The number of para-hydroxylation sites is 1. The molecule has 1 heterocycles. The van der Waals surface area contributed by atoms with Gasteiger partial charge in [0.05, 0.1) is 12.2 Å². The molecule has 7 nitrogen and oxygen atoms in total. The predicted molar refractivity (Wildman–Crippen MR) is 65.7 cm³/mol. The number of rotatable bonds is 3. The van der Waals surface area contributed by atoms with Gasteiger partial charge < -0.3 is 11.5 Å². The average Bonchev–Trinajstić information content (AvgIpc) is 2.33. The second-order valence-corrected chi connectivity index (χ2v) is 5.65. The van der Waals surface area contributed by atoms with Crippen LogP contribution in [-0.4, -0.2) is 37.6 Å². The largest absolute Gasteiger partial charge is 0.368 e. The number of sulfonamides is 1. The molecule has 0 radical (unpaired) electrons. The number of fused-ring (bicyclic) bond motifs is 1. The summed E-state index contributed by atoms with van der Waals surface area (Å²) in [5.41, 5.74) is 10.8. The van der Waals surface area contributed by atoms with Crippen molar-refractivity contribution in [1.29, 1.82) is 0 Å². The summed E-state index contributed by atoms with van der Waals surface area (Å²) in [7, 11) is -3.72. The molecular weight excluding hydrogens is 256 g/mol. The summed E-state index contributed by atoms with van der Waals surface area (Å²) in [4.78, 5) is 14.9. The Hall–Kier alpha value is -1.93. The van der Waals surface area contributed by atoms with Gasteiger partial charge in [-0.25, -0.2) is 13.4 Å². The smallest absolute Gasteiger partial charge is 0.267 e. The van der Waals surface area contributed by atoms with Gasteiger partial charge in [-0.05, 0) is 12.1 Å². The van der Waals surface area contributed by atoms with E-state index in [1.807, 2.05) is 0 Å². The Morgan fingerprint density at radius 1 is 1.39 bits per heavy atom. The molecule has 1 atom stereocenters. The number of amides is 1. The van der Waals surface area contributed by atoms with Crippen LogP contribution in [0.3, 0.4) is 0 Å². The quantitative estimate of drug-likeness (QED) is 0.743. The number of primary amides is 1. The maximum atomic E-state index is 12.2. The van der Waals surface area contributed by atoms with E-state index in [1.165, 1.54) is 6.07 Å². The SMILES string of the molecule is NC(=O)C(N)CN1C=Nc2ccccc2S1(=O)=O. The van der Waals surface area contributed by atoms with E-state index in [1.54, 1.807) is 18.2 Å². The van der Waals surface area contributed by atoms with Gasteiger partial charge in [0.2, 0.25) is 5.91 Å². The van der Waals surface area contributed by atoms with Gasteiger partial charge in [-0.15, -0.1) is 0 Å². The number of nitrogens with zero attached hydrogens (tertiary/aromatic N) is 2. The van der Waals surface area contributed by atoms with Crippen molar-refractivity contribution in [3.8, 4) is 0 Å². The van der Waals surface area contributed by atoms with E-state index in [0.29, 0.717) is 5.69 Å². The highest BCUT2D eigenvalue weighted by Gasteiger charge is 2.30. The van der Waals surface area contributed by atoms with Crippen LogP contribution in [-0.2, 0) is 14.8 Å². The van der Waals surface area contributed by atoms with E-state index in [-0.39, 0.29) is 11.4 Å². The van der Waals surface area contributed by atoms with Crippen molar-refractivity contribution in [3.05, 3.63) is 24.3 Å². The van der Waals surface area contributed by atoms with Crippen LogP contribution >= 0.6 is 0 Å². The molecule has 1 unspecified atom stereocenters. The van der Waals surface area contributed by atoms with Crippen LogP contribution in [0.15, 0.2) is 34.2 Å². The van der Waals surface area contributed by atoms with Crippen molar-refractivity contribution in [2.24, 2.45) is 16.5 Å². The first kappa shape index (κ1) is 12.5. The Morgan fingerprint density at radius 2 is 2.06 bits per heavy atom. The average molecular weight is 268 g/mol. The summed E-state index contributed by atoms with van der Waals surface area (Å²) in [6, 6.07) is 5.26. The van der Waals surface area contributed by atoms with Crippen molar-refractivity contribution in [2.45, 2.75) is 10.9 Å². The minimum absolute atomic E-state index is 0.0872. The zero-order valence-electron chi connectivity index (χ0n) is 9.35. The lowest BCUT2D eigenvalue weighted by Gasteiger charge is -2.25. The highest BCUT2D eigenvalue weighted by atomic mass is 32.2. The van der Waals surface area contributed by atoms with Crippen LogP contribution in [0.4, 0.5) is 5.69 Å². The summed E-state index contributed by atoms with van der Waals surface area (Å²) in [5.74, 6) is -0.766. The zero-order valence-corrected chi connectivity index (χ0v) is 10.2. The first-order chi connectivity index (χ1) is 8.43. The molecule has 0 saturated heterocycles. The van der Waals surface area contributed by atoms with Crippen LogP contribution in [0.5, 0.6) is 0 Å². The Kier molecular flexibility index (Phi) is 3.05. The number of hydrogen-bond acceptors (Lipinski definition) is 5. The second-order valence-electron chi connectivity index (χ2n) is 3.80. The van der Waals surface area contributed by atoms with Crippen LogP contribution in [0.25, 0.3) is 0 Å². The Morgan fingerprint density at radius 3 is 2.72 bits per heavy atom. The Labute approximate surface area is 104 Å². The lowest BCUT2D eigenvalue weighted by Crippen LogP contribution is -2.47. The van der Waals surface area contributed by atoms with Crippen LogP contribution in [0, 0.1) is 0 Å². The normalized spacial score (nSPS) is 18.2. The van der Waals surface area contributed by atoms with Gasteiger partial charge in [0, 0.05) is 0 Å². The Bertz CT molecular complexity index is 611. The lowest BCUT2D eigenvalue weighted by molar-refractivity contribution is -0.119. The van der Waals surface area contributed by atoms with Gasteiger partial charge in [0.25, 0.3) is 10.0 Å². The van der Waals surface area contributed by atoms with E-state index < -0.39 is 22.0 Å². The van der Waals surface area contributed by atoms with Crippen molar-refractivity contribution >= 4 is 28.0 Å². The summed E-state index contributed by atoms with van der Waals surface area (Å²) in [5, 5.41) is 0. The van der Waals surface area contributed by atoms with Gasteiger partial charge in [0.1, 0.15) is 17.3 Å². The number of aliphatic imine (C=N–C) groups is 1. The fourth-order valence-electron chi connectivity index (χ4n) is 1.53. The molecule has 0 fully saturated rings. The number of carbonyl (C=O) groups is 1. The van der Waals surface area contributed by atoms with Gasteiger partial charge in [-0.2, -0.15) is 0 Å². The summed E-state index contributed by atoms with van der Waals surface area (Å²) >= 11 is 0. The standard InChI is InChI=1S/C10H12N4O3S/c11-7(10(12)15)5-14-6-13-8-3-1-2-4-9(8)18(14,16)17/h1-4,6-7H,5,11H2,(H2,12,15). The second kappa shape index (κ2) is 4.39. The molecule has 96 valence electrons. The van der Waals surface area contributed by atoms with Gasteiger partial charge in [0.15, 0.2) is 0 Å². The van der Waals surface area contributed by atoms with Crippen molar-refractivity contribution in [3.63, 3.8) is 0 Å². The van der Waals surface area contributed by atoms with Crippen molar-refractivity contribution in [1.82, 2.24) is 4.31 Å². The highest BCUT2D eigenvalue weighted by molar-refractivity contribution is 7.89. The molecule has 18 heavy (non-hydrogen) atoms. The monoisotopic (exact) mass is 268 g/mol. The maximum Gasteiger partial charge on any atom is 0.267 e. The molecule has 0 saturated carbocycles. The molecule has 1 amide bonds. The molecule has 0 bridgehead atoms. The molecule has 4 N–H and O–H groups in total. The molecule has 1 aromatic rings. The third-order valence-electron chi connectivity index (χ3n) is 2.52. The van der Waals surface area contributed by atoms with Gasteiger partial charge in [-0.3, -0.25) is 9.10 Å². The molecule has 1 aliphatic heterocycles.